The van der Waals surface area contributed by atoms with E-state index in [0.29, 0.717) is 25.9 Å². The topological polar surface area (TPSA) is 111 Å². The maximum absolute atomic E-state index is 13.4. The third-order valence-electron chi connectivity index (χ3n) is 6.89. The summed E-state index contributed by atoms with van der Waals surface area (Å²) in [4.78, 5) is 41.4. The molecule has 4 N–H and O–H groups in total. The Balaban J connectivity index is 1.72. The highest BCUT2D eigenvalue weighted by Crippen LogP contribution is 2.26. The zero-order valence-corrected chi connectivity index (χ0v) is 24.3. The molecule has 1 fully saturated rings. The Morgan fingerprint density at radius 3 is 2.36 bits per heavy atom. The normalized spacial score (nSPS) is 17.6. The minimum atomic E-state index is -0.847. The molecule has 3 unspecified atom stereocenters. The number of carbonyl (C=O) groups is 3. The Bertz CT molecular complexity index is 1150. The van der Waals surface area contributed by atoms with Gasteiger partial charge >= 0.3 is 0 Å². The van der Waals surface area contributed by atoms with Gasteiger partial charge in [-0.05, 0) is 34.6 Å². The van der Waals surface area contributed by atoms with Gasteiger partial charge in [-0.2, -0.15) is 0 Å². The van der Waals surface area contributed by atoms with Gasteiger partial charge in [0.1, 0.15) is 12.1 Å². The molecule has 1 aliphatic heterocycles. The van der Waals surface area contributed by atoms with Gasteiger partial charge in [-0.3, -0.25) is 14.4 Å². The molecule has 0 radical (unpaired) electrons. The fourth-order valence-electron chi connectivity index (χ4n) is 4.82. The van der Waals surface area contributed by atoms with E-state index in [1.165, 1.54) is 0 Å². The molecule has 0 bridgehead atoms. The van der Waals surface area contributed by atoms with Crippen molar-refractivity contribution in [2.75, 3.05) is 26.2 Å². The molecule has 3 rings (SSSR count). The van der Waals surface area contributed by atoms with Crippen LogP contribution in [-0.2, 0) is 20.8 Å². The SMILES string of the molecule is CC(C)(C)CNCC(O)CNC(=O)C(Cc1ccc2ccccc2c1)NC(=O)C1CCCN1C(=O)C(C)(C)C. The van der Waals surface area contributed by atoms with Crippen molar-refractivity contribution in [1.29, 1.82) is 0 Å². The number of amides is 3. The first-order valence-electron chi connectivity index (χ1n) is 14.0. The van der Waals surface area contributed by atoms with Crippen LogP contribution in [0.4, 0.5) is 0 Å². The Hall–Kier alpha value is -2.97. The summed E-state index contributed by atoms with van der Waals surface area (Å²) in [7, 11) is 0. The van der Waals surface area contributed by atoms with E-state index in [1.54, 1.807) is 4.90 Å². The van der Waals surface area contributed by atoms with Crippen molar-refractivity contribution >= 4 is 28.5 Å². The zero-order valence-electron chi connectivity index (χ0n) is 24.3. The van der Waals surface area contributed by atoms with Crippen LogP contribution in [0.5, 0.6) is 0 Å². The minimum absolute atomic E-state index is 0.0676. The van der Waals surface area contributed by atoms with Crippen LogP contribution in [0.2, 0.25) is 0 Å². The van der Waals surface area contributed by atoms with E-state index in [4.69, 9.17) is 0 Å². The molecule has 1 aliphatic rings. The molecule has 2 aromatic rings. The van der Waals surface area contributed by atoms with Crippen LogP contribution < -0.4 is 16.0 Å². The van der Waals surface area contributed by atoms with Gasteiger partial charge in [0.05, 0.1) is 6.10 Å². The summed E-state index contributed by atoms with van der Waals surface area (Å²) in [6.07, 6.45) is 0.842. The lowest BCUT2D eigenvalue weighted by Gasteiger charge is -2.31. The summed E-state index contributed by atoms with van der Waals surface area (Å²) >= 11 is 0. The quantitative estimate of drug-likeness (QED) is 0.372. The Morgan fingerprint density at radius 1 is 1.00 bits per heavy atom. The molecule has 8 heteroatoms. The molecular formula is C31H46N4O4. The van der Waals surface area contributed by atoms with E-state index in [0.717, 1.165) is 29.3 Å². The van der Waals surface area contributed by atoms with Crippen LogP contribution >= 0.6 is 0 Å². The lowest BCUT2D eigenvalue weighted by molar-refractivity contribution is -0.145. The average Bonchev–Trinajstić information content (AvgIpc) is 3.35. The van der Waals surface area contributed by atoms with Crippen LogP contribution in [0.1, 0.15) is 59.9 Å². The molecule has 8 nitrogen and oxygen atoms in total. The average molecular weight is 539 g/mol. The fourth-order valence-corrected chi connectivity index (χ4v) is 4.82. The molecule has 0 saturated carbocycles. The largest absolute Gasteiger partial charge is 0.390 e. The summed E-state index contributed by atoms with van der Waals surface area (Å²) in [6, 6.07) is 12.5. The van der Waals surface area contributed by atoms with Gasteiger partial charge in [0.25, 0.3) is 0 Å². The molecular weight excluding hydrogens is 492 g/mol. The maximum Gasteiger partial charge on any atom is 0.243 e. The van der Waals surface area contributed by atoms with Crippen molar-refractivity contribution in [2.24, 2.45) is 10.8 Å². The molecule has 0 spiro atoms. The number of carbonyl (C=O) groups excluding carboxylic acids is 3. The van der Waals surface area contributed by atoms with Crippen molar-refractivity contribution in [3.63, 3.8) is 0 Å². The number of hydrogen-bond donors (Lipinski definition) is 4. The molecule has 1 heterocycles. The van der Waals surface area contributed by atoms with E-state index in [9.17, 15) is 19.5 Å². The second-order valence-corrected chi connectivity index (χ2v) is 12.9. The number of fused-ring (bicyclic) bond motifs is 1. The van der Waals surface area contributed by atoms with Crippen molar-refractivity contribution in [3.8, 4) is 0 Å². The lowest BCUT2D eigenvalue weighted by atomic mass is 9.94. The predicted octanol–water partition coefficient (Wildman–Crippen LogP) is 3.02. The number of nitrogens with zero attached hydrogens (tertiary/aromatic N) is 1. The van der Waals surface area contributed by atoms with E-state index in [-0.39, 0.29) is 29.7 Å². The summed E-state index contributed by atoms with van der Waals surface area (Å²) in [6.45, 7) is 13.6. The Morgan fingerprint density at radius 2 is 1.69 bits per heavy atom. The molecule has 39 heavy (non-hydrogen) atoms. The highest BCUT2D eigenvalue weighted by Gasteiger charge is 2.39. The standard InChI is InChI=1S/C31H46N4O4/c1-30(2,3)20-32-18-24(36)19-33-27(37)25(17-21-13-14-22-10-7-8-11-23(22)16-21)34-28(38)26-12-9-15-35(26)29(39)31(4,5)6/h7-8,10-11,13-14,16,24-26,32,36H,9,12,15,17-20H2,1-6H3,(H,33,37)(H,34,38). The third kappa shape index (κ3) is 9.04. The van der Waals surface area contributed by atoms with Gasteiger partial charge in [-0.15, -0.1) is 0 Å². The summed E-state index contributed by atoms with van der Waals surface area (Å²) in [5.41, 5.74) is 0.401. The smallest absolute Gasteiger partial charge is 0.243 e. The first-order valence-corrected chi connectivity index (χ1v) is 14.0. The summed E-state index contributed by atoms with van der Waals surface area (Å²) in [5.74, 6) is -0.752. The van der Waals surface area contributed by atoms with Crippen molar-refractivity contribution < 1.29 is 19.5 Å². The van der Waals surface area contributed by atoms with Crippen molar-refractivity contribution in [1.82, 2.24) is 20.9 Å². The Labute approximate surface area is 232 Å². The van der Waals surface area contributed by atoms with Crippen molar-refractivity contribution in [3.05, 3.63) is 48.0 Å². The third-order valence-corrected chi connectivity index (χ3v) is 6.89. The van der Waals surface area contributed by atoms with E-state index in [1.807, 2.05) is 63.2 Å². The summed E-state index contributed by atoms with van der Waals surface area (Å²) < 4.78 is 0. The first kappa shape index (κ1) is 30.6. The highest BCUT2D eigenvalue weighted by atomic mass is 16.3. The number of likely N-dealkylation sites (tertiary alicyclic amines) is 1. The number of nitrogens with one attached hydrogen (secondary N) is 3. The maximum atomic E-state index is 13.4. The number of aliphatic hydroxyl groups is 1. The van der Waals surface area contributed by atoms with E-state index < -0.39 is 23.6 Å². The number of rotatable bonds is 10. The minimum Gasteiger partial charge on any atom is -0.390 e. The molecule has 1 saturated heterocycles. The van der Waals surface area contributed by atoms with Crippen LogP contribution in [0.25, 0.3) is 10.8 Å². The zero-order chi connectivity index (χ0) is 28.8. The van der Waals surface area contributed by atoms with Crippen molar-refractivity contribution in [2.45, 2.75) is 79.0 Å². The fraction of sp³-hybridized carbons (Fsp3) is 0.581. The Kier molecular flexibility index (Phi) is 10.1. The van der Waals surface area contributed by atoms with Gasteiger partial charge < -0.3 is 26.0 Å². The second-order valence-electron chi connectivity index (χ2n) is 12.9. The van der Waals surface area contributed by atoms with Gasteiger partial charge in [0.15, 0.2) is 0 Å². The highest BCUT2D eigenvalue weighted by molar-refractivity contribution is 5.93. The molecule has 3 atom stereocenters. The van der Waals surface area contributed by atoms with E-state index in [2.05, 4.69) is 36.7 Å². The van der Waals surface area contributed by atoms with Gasteiger partial charge in [-0.1, -0.05) is 84.0 Å². The number of hydrogen-bond acceptors (Lipinski definition) is 5. The first-order chi connectivity index (χ1) is 18.2. The summed E-state index contributed by atoms with van der Waals surface area (Å²) in [5, 5.41) is 21.5. The van der Waals surface area contributed by atoms with Crippen LogP contribution in [0.15, 0.2) is 42.5 Å². The molecule has 3 amide bonds. The predicted molar refractivity (Wildman–Crippen MR) is 155 cm³/mol. The molecule has 0 aromatic heterocycles. The van der Waals surface area contributed by atoms with Crippen LogP contribution in [0, 0.1) is 10.8 Å². The number of aliphatic hydroxyl groups excluding tert-OH is 1. The lowest BCUT2D eigenvalue weighted by Crippen LogP contribution is -2.55. The van der Waals surface area contributed by atoms with Gasteiger partial charge in [0, 0.05) is 38.0 Å². The molecule has 0 aliphatic carbocycles. The van der Waals surface area contributed by atoms with Crippen LogP contribution in [0.3, 0.4) is 0 Å². The van der Waals surface area contributed by atoms with E-state index >= 15 is 0 Å². The van der Waals surface area contributed by atoms with Gasteiger partial charge in [0.2, 0.25) is 17.7 Å². The van der Waals surface area contributed by atoms with Crippen LogP contribution in [-0.4, -0.2) is 72.1 Å². The monoisotopic (exact) mass is 538 g/mol. The second kappa shape index (κ2) is 12.9. The molecule has 2 aromatic carbocycles. The van der Waals surface area contributed by atoms with Gasteiger partial charge in [-0.25, -0.2) is 0 Å². The number of benzene rings is 2. The molecule has 214 valence electrons.